The zero-order chi connectivity index (χ0) is 20.0. The lowest BCUT2D eigenvalue weighted by Crippen LogP contribution is -2.41. The summed E-state index contributed by atoms with van der Waals surface area (Å²) in [6.45, 7) is 7.16. The maximum Gasteiger partial charge on any atom is 0.407 e. The lowest BCUT2D eigenvalue weighted by molar-refractivity contribution is -0.140. The van der Waals surface area contributed by atoms with Crippen LogP contribution >= 0.6 is 11.8 Å². The Bertz CT molecular complexity index is 782. The smallest absolute Gasteiger partial charge is 0.407 e. The molecular weight excluding hydrogens is 364 g/mol. The van der Waals surface area contributed by atoms with Gasteiger partial charge in [0.25, 0.3) is 0 Å². The van der Waals surface area contributed by atoms with Crippen molar-refractivity contribution >= 4 is 34.7 Å². The molecule has 1 aromatic carbocycles. The number of aliphatic carboxylic acids is 1. The molecule has 0 bridgehead atoms. The fourth-order valence-electron chi connectivity index (χ4n) is 2.65. The Hall–Kier alpha value is -2.15. The maximum absolute atomic E-state index is 12.2. The molecule has 0 aliphatic heterocycles. The number of para-hydroxylation sites is 1. The highest BCUT2D eigenvalue weighted by molar-refractivity contribution is 7.99. The molecule has 3 N–H and O–H groups in total. The number of thioether (sulfide) groups is 1. The molecule has 148 valence electrons. The Morgan fingerprint density at radius 3 is 2.63 bits per heavy atom. The van der Waals surface area contributed by atoms with Crippen molar-refractivity contribution in [2.75, 3.05) is 11.5 Å². The zero-order valence-electron chi connectivity index (χ0n) is 16.2. The van der Waals surface area contributed by atoms with Crippen LogP contribution in [0.1, 0.15) is 33.3 Å². The fraction of sp³-hybridized carbons (Fsp3) is 0.500. The molecule has 1 heterocycles. The topological polar surface area (TPSA) is 91.4 Å². The van der Waals surface area contributed by atoms with E-state index in [1.54, 1.807) is 6.92 Å². The third-order valence-corrected chi connectivity index (χ3v) is 5.34. The van der Waals surface area contributed by atoms with Gasteiger partial charge in [-0.05, 0) is 38.8 Å². The van der Waals surface area contributed by atoms with Gasteiger partial charge in [-0.1, -0.05) is 25.1 Å². The van der Waals surface area contributed by atoms with E-state index >= 15 is 0 Å². The first-order chi connectivity index (χ1) is 12.7. The highest BCUT2D eigenvalue weighted by atomic mass is 32.2. The standard InChI is InChI=1S/C20H28N2O4S/c1-13(18(23)24)11-27-12-15(22-19(25)26-20(2,3)4)9-14-10-21-17-8-6-5-7-16(14)17/h5-8,10,13,15,21H,9,11-12H2,1-4H3,(H,22,25)(H,23,24)/t13?,15-/m0/s1. The number of fused-ring (bicyclic) bond motifs is 1. The molecule has 0 aliphatic rings. The highest BCUT2D eigenvalue weighted by Crippen LogP contribution is 2.21. The molecule has 2 aromatic rings. The summed E-state index contributed by atoms with van der Waals surface area (Å²) in [6.07, 6.45) is 2.13. The van der Waals surface area contributed by atoms with Crippen LogP contribution in [-0.4, -0.2) is 45.3 Å². The molecule has 0 spiro atoms. The summed E-state index contributed by atoms with van der Waals surface area (Å²) in [4.78, 5) is 26.5. The second-order valence-corrected chi connectivity index (χ2v) is 8.76. The summed E-state index contributed by atoms with van der Waals surface area (Å²) in [5.74, 6) is -0.132. The summed E-state index contributed by atoms with van der Waals surface area (Å²) in [6, 6.07) is 7.86. The average Bonchev–Trinajstić information content (AvgIpc) is 2.96. The van der Waals surface area contributed by atoms with Crippen LogP contribution in [0.15, 0.2) is 30.5 Å². The van der Waals surface area contributed by atoms with E-state index in [2.05, 4.69) is 10.3 Å². The van der Waals surface area contributed by atoms with Crippen LogP contribution in [0.5, 0.6) is 0 Å². The number of aromatic amines is 1. The third-order valence-electron chi connectivity index (χ3n) is 3.97. The van der Waals surface area contributed by atoms with Gasteiger partial charge in [0.1, 0.15) is 5.60 Å². The van der Waals surface area contributed by atoms with Crippen molar-refractivity contribution in [1.82, 2.24) is 10.3 Å². The summed E-state index contributed by atoms with van der Waals surface area (Å²) in [7, 11) is 0. The number of carboxylic acids is 1. The SMILES string of the molecule is CC(CSC[C@H](Cc1c[nH]c2ccccc12)NC(=O)OC(C)(C)C)C(=O)O. The molecule has 27 heavy (non-hydrogen) atoms. The number of ether oxygens (including phenoxy) is 1. The quantitative estimate of drug-likeness (QED) is 0.630. The first kappa shape index (κ1) is 21.2. The van der Waals surface area contributed by atoms with Crippen LogP contribution < -0.4 is 5.32 Å². The van der Waals surface area contributed by atoms with Gasteiger partial charge in [-0.3, -0.25) is 4.79 Å². The zero-order valence-corrected chi connectivity index (χ0v) is 17.1. The molecule has 6 nitrogen and oxygen atoms in total. The van der Waals surface area contributed by atoms with E-state index in [1.807, 2.05) is 51.2 Å². The highest BCUT2D eigenvalue weighted by Gasteiger charge is 2.21. The van der Waals surface area contributed by atoms with E-state index in [0.717, 1.165) is 16.5 Å². The van der Waals surface area contributed by atoms with Gasteiger partial charge >= 0.3 is 12.1 Å². The number of rotatable bonds is 8. The van der Waals surface area contributed by atoms with Crippen molar-refractivity contribution in [3.8, 4) is 0 Å². The Labute approximate surface area is 164 Å². The number of amides is 1. The minimum absolute atomic E-state index is 0.162. The van der Waals surface area contributed by atoms with Crippen LogP contribution in [0.4, 0.5) is 4.79 Å². The molecule has 1 unspecified atom stereocenters. The lowest BCUT2D eigenvalue weighted by atomic mass is 10.1. The summed E-state index contributed by atoms with van der Waals surface area (Å²) >= 11 is 1.52. The molecular formula is C20H28N2O4S. The van der Waals surface area contributed by atoms with Gasteiger partial charge in [0.05, 0.1) is 5.92 Å². The summed E-state index contributed by atoms with van der Waals surface area (Å²) in [5, 5.41) is 13.1. The molecule has 2 atom stereocenters. The Morgan fingerprint density at radius 1 is 1.26 bits per heavy atom. The Morgan fingerprint density at radius 2 is 1.96 bits per heavy atom. The number of hydrogen-bond acceptors (Lipinski definition) is 4. The van der Waals surface area contributed by atoms with Gasteiger partial charge in [-0.2, -0.15) is 11.8 Å². The lowest BCUT2D eigenvalue weighted by Gasteiger charge is -2.23. The van der Waals surface area contributed by atoms with Gasteiger partial charge in [0.15, 0.2) is 0 Å². The average molecular weight is 393 g/mol. The molecule has 0 radical (unpaired) electrons. The monoisotopic (exact) mass is 392 g/mol. The van der Waals surface area contributed by atoms with Gasteiger partial charge < -0.3 is 20.1 Å². The predicted molar refractivity (Wildman–Crippen MR) is 109 cm³/mol. The van der Waals surface area contributed by atoms with Gasteiger partial charge in [0.2, 0.25) is 0 Å². The summed E-state index contributed by atoms with van der Waals surface area (Å²) < 4.78 is 5.38. The van der Waals surface area contributed by atoms with Crippen LogP contribution in [0.25, 0.3) is 10.9 Å². The Balaban J connectivity index is 2.06. The molecule has 0 aliphatic carbocycles. The van der Waals surface area contributed by atoms with Crippen molar-refractivity contribution in [1.29, 1.82) is 0 Å². The van der Waals surface area contributed by atoms with Crippen LogP contribution in [-0.2, 0) is 16.0 Å². The van der Waals surface area contributed by atoms with E-state index in [9.17, 15) is 9.59 Å². The van der Waals surface area contributed by atoms with Crippen molar-refractivity contribution < 1.29 is 19.4 Å². The number of hydrogen-bond donors (Lipinski definition) is 3. The number of alkyl carbamates (subject to hydrolysis) is 1. The largest absolute Gasteiger partial charge is 0.481 e. The second-order valence-electron chi connectivity index (χ2n) is 7.68. The first-order valence-corrected chi connectivity index (χ1v) is 10.2. The molecule has 1 amide bonds. The molecule has 1 aromatic heterocycles. The van der Waals surface area contributed by atoms with Crippen LogP contribution in [0.3, 0.4) is 0 Å². The van der Waals surface area contributed by atoms with Gasteiger partial charge in [-0.25, -0.2) is 4.79 Å². The van der Waals surface area contributed by atoms with Crippen molar-refractivity contribution in [2.24, 2.45) is 5.92 Å². The van der Waals surface area contributed by atoms with E-state index < -0.39 is 23.6 Å². The predicted octanol–water partition coefficient (Wildman–Crippen LogP) is 4.06. The van der Waals surface area contributed by atoms with Crippen LogP contribution in [0.2, 0.25) is 0 Å². The van der Waals surface area contributed by atoms with E-state index in [0.29, 0.717) is 17.9 Å². The normalized spacial score (nSPS) is 13.9. The number of benzene rings is 1. The fourth-order valence-corrected chi connectivity index (χ4v) is 3.77. The molecule has 0 saturated carbocycles. The van der Waals surface area contributed by atoms with E-state index in [-0.39, 0.29) is 6.04 Å². The van der Waals surface area contributed by atoms with Crippen molar-refractivity contribution in [3.63, 3.8) is 0 Å². The van der Waals surface area contributed by atoms with Gasteiger partial charge in [-0.15, -0.1) is 0 Å². The molecule has 2 rings (SSSR count). The maximum atomic E-state index is 12.2. The van der Waals surface area contributed by atoms with Crippen molar-refractivity contribution in [2.45, 2.75) is 45.8 Å². The minimum atomic E-state index is -0.809. The summed E-state index contributed by atoms with van der Waals surface area (Å²) in [5.41, 5.74) is 1.59. The molecule has 7 heteroatoms. The van der Waals surface area contributed by atoms with E-state index in [4.69, 9.17) is 9.84 Å². The van der Waals surface area contributed by atoms with Gasteiger partial charge in [0, 0.05) is 34.6 Å². The third kappa shape index (κ3) is 6.82. The Kier molecular flexibility index (Phi) is 7.18. The second kappa shape index (κ2) is 9.17. The number of H-pyrrole nitrogens is 1. The van der Waals surface area contributed by atoms with Crippen molar-refractivity contribution in [3.05, 3.63) is 36.0 Å². The number of carbonyl (C=O) groups excluding carboxylic acids is 1. The number of aromatic nitrogens is 1. The minimum Gasteiger partial charge on any atom is -0.481 e. The first-order valence-electron chi connectivity index (χ1n) is 9.01. The molecule has 0 saturated heterocycles. The van der Waals surface area contributed by atoms with Crippen LogP contribution in [0, 0.1) is 5.92 Å². The number of nitrogens with one attached hydrogen (secondary N) is 2. The number of carbonyl (C=O) groups is 2. The number of carboxylic acid groups (broad SMARTS) is 1. The molecule has 0 fully saturated rings. The van der Waals surface area contributed by atoms with E-state index in [1.165, 1.54) is 11.8 Å².